The topological polar surface area (TPSA) is 44.1 Å². The third kappa shape index (κ3) is 2.03. The van der Waals surface area contributed by atoms with E-state index in [1.54, 1.807) is 0 Å². The highest BCUT2D eigenvalue weighted by molar-refractivity contribution is 5.78. The van der Waals surface area contributed by atoms with Gasteiger partial charge in [0.1, 0.15) is 12.0 Å². The van der Waals surface area contributed by atoms with Crippen molar-refractivity contribution in [2.75, 3.05) is 7.11 Å². The highest BCUT2D eigenvalue weighted by atomic mass is 19.4. The van der Waals surface area contributed by atoms with Crippen molar-refractivity contribution >= 4 is 17.3 Å². The lowest BCUT2D eigenvalue weighted by Crippen LogP contribution is -2.15. The van der Waals surface area contributed by atoms with E-state index in [2.05, 4.69) is 4.98 Å². The van der Waals surface area contributed by atoms with Crippen molar-refractivity contribution in [3.05, 3.63) is 24.0 Å². The minimum atomic E-state index is -4.60. The van der Waals surface area contributed by atoms with E-state index in [-0.39, 0.29) is 11.0 Å². The summed E-state index contributed by atoms with van der Waals surface area (Å²) < 4.78 is 44.0. The summed E-state index contributed by atoms with van der Waals surface area (Å²) in [6.45, 7) is -0.404. The van der Waals surface area contributed by atoms with Crippen molar-refractivity contribution in [2.24, 2.45) is 0 Å². The number of rotatable bonds is 3. The normalized spacial score (nSPS) is 11.8. The van der Waals surface area contributed by atoms with Crippen LogP contribution in [-0.4, -0.2) is 22.9 Å². The molecule has 0 amide bonds. The molecule has 0 bridgehead atoms. The fourth-order valence-electron chi connectivity index (χ4n) is 1.71. The first-order valence-corrected chi connectivity index (χ1v) is 5.02. The van der Waals surface area contributed by atoms with Crippen molar-refractivity contribution in [3.8, 4) is 5.75 Å². The highest BCUT2D eigenvalue weighted by Gasteiger charge is 2.37. The van der Waals surface area contributed by atoms with Crippen LogP contribution in [0.15, 0.2) is 18.2 Å². The first kappa shape index (κ1) is 12.4. The molecule has 1 aromatic heterocycles. The Bertz CT molecular complexity index is 590. The minimum absolute atomic E-state index is 0.171. The number of halogens is 3. The molecule has 0 spiro atoms. The molecule has 0 saturated carbocycles. The Morgan fingerprint density at radius 1 is 1.44 bits per heavy atom. The monoisotopic (exact) mass is 258 g/mol. The molecule has 1 aromatic carbocycles. The minimum Gasteiger partial charge on any atom is -0.497 e. The summed E-state index contributed by atoms with van der Waals surface area (Å²) in [5, 5.41) is 0. The Hall–Kier alpha value is -2.05. The maximum atomic E-state index is 12.8. The van der Waals surface area contributed by atoms with Crippen LogP contribution in [0.25, 0.3) is 11.0 Å². The predicted molar refractivity (Wildman–Crippen MR) is 57.4 cm³/mol. The van der Waals surface area contributed by atoms with Gasteiger partial charge < -0.3 is 14.1 Å². The van der Waals surface area contributed by atoms with Gasteiger partial charge in [0, 0.05) is 6.07 Å². The fraction of sp³-hybridized carbons (Fsp3) is 0.273. The van der Waals surface area contributed by atoms with E-state index in [1.807, 2.05) is 0 Å². The standard InChI is InChI=1S/C11H9F3N2O2/c1-18-7-2-3-8-9(6-7)16(4-5-17)10(15-8)11(12,13)14/h2-3,5-6H,4H2,1H3. The lowest BCUT2D eigenvalue weighted by Gasteiger charge is -2.08. The molecule has 0 aliphatic rings. The van der Waals surface area contributed by atoms with Gasteiger partial charge in [-0.15, -0.1) is 0 Å². The van der Waals surface area contributed by atoms with Crippen molar-refractivity contribution in [1.29, 1.82) is 0 Å². The molecule has 0 atom stereocenters. The van der Waals surface area contributed by atoms with Crippen molar-refractivity contribution in [3.63, 3.8) is 0 Å². The highest BCUT2D eigenvalue weighted by Crippen LogP contribution is 2.32. The number of carbonyl (C=O) groups is 1. The Morgan fingerprint density at radius 3 is 2.72 bits per heavy atom. The number of aromatic nitrogens is 2. The molecular weight excluding hydrogens is 249 g/mol. The lowest BCUT2D eigenvalue weighted by molar-refractivity contribution is -0.147. The number of hydrogen-bond donors (Lipinski definition) is 0. The molecule has 0 radical (unpaired) electrons. The smallest absolute Gasteiger partial charge is 0.449 e. The van der Waals surface area contributed by atoms with Gasteiger partial charge in [0.25, 0.3) is 0 Å². The molecule has 1 heterocycles. The molecule has 2 aromatic rings. The molecule has 0 fully saturated rings. The molecule has 96 valence electrons. The van der Waals surface area contributed by atoms with Crippen LogP contribution < -0.4 is 4.74 Å². The summed E-state index contributed by atoms with van der Waals surface area (Å²) in [5.74, 6) is -0.680. The Balaban J connectivity index is 2.72. The van der Waals surface area contributed by atoms with E-state index in [9.17, 15) is 18.0 Å². The van der Waals surface area contributed by atoms with Crippen LogP contribution in [-0.2, 0) is 17.5 Å². The van der Waals surface area contributed by atoms with Crippen LogP contribution in [0.5, 0.6) is 5.75 Å². The van der Waals surface area contributed by atoms with Gasteiger partial charge in [0.05, 0.1) is 24.7 Å². The van der Waals surface area contributed by atoms with Crippen molar-refractivity contribution < 1.29 is 22.7 Å². The predicted octanol–water partition coefficient (Wildman–Crippen LogP) is 2.26. The Kier molecular flexibility index (Phi) is 2.98. The molecular formula is C11H9F3N2O2. The summed E-state index contributed by atoms with van der Waals surface area (Å²) in [7, 11) is 1.41. The third-order valence-corrected chi connectivity index (χ3v) is 2.47. The molecule has 0 N–H and O–H groups in total. The lowest BCUT2D eigenvalue weighted by atomic mass is 10.3. The van der Waals surface area contributed by atoms with Crippen molar-refractivity contribution in [1.82, 2.24) is 9.55 Å². The van der Waals surface area contributed by atoms with Gasteiger partial charge in [-0.25, -0.2) is 4.98 Å². The molecule has 2 rings (SSSR count). The molecule has 0 aliphatic carbocycles. The first-order valence-electron chi connectivity index (χ1n) is 5.02. The number of methoxy groups -OCH3 is 1. The number of fused-ring (bicyclic) bond motifs is 1. The summed E-state index contributed by atoms with van der Waals surface area (Å²) in [6.07, 6.45) is -4.20. The second kappa shape index (κ2) is 4.32. The quantitative estimate of drug-likeness (QED) is 0.793. The molecule has 7 heteroatoms. The largest absolute Gasteiger partial charge is 0.497 e. The summed E-state index contributed by atoms with van der Waals surface area (Å²) >= 11 is 0. The number of carbonyl (C=O) groups excluding carboxylic acids is 1. The molecule has 18 heavy (non-hydrogen) atoms. The van der Waals surface area contributed by atoms with Gasteiger partial charge in [-0.1, -0.05) is 0 Å². The van der Waals surface area contributed by atoms with Gasteiger partial charge in [0.15, 0.2) is 0 Å². The number of imidazole rings is 1. The number of aldehydes is 1. The van der Waals surface area contributed by atoms with E-state index in [0.717, 1.165) is 4.57 Å². The zero-order valence-corrected chi connectivity index (χ0v) is 9.36. The van der Waals surface area contributed by atoms with Crippen LogP contribution in [0, 0.1) is 0 Å². The molecule has 0 saturated heterocycles. The average molecular weight is 258 g/mol. The van der Waals surface area contributed by atoms with E-state index in [4.69, 9.17) is 4.74 Å². The van der Waals surface area contributed by atoms with E-state index >= 15 is 0 Å². The molecule has 4 nitrogen and oxygen atoms in total. The SMILES string of the molecule is COc1ccc2nc(C(F)(F)F)n(CC=O)c2c1. The molecule has 0 unspecified atom stereocenters. The number of nitrogens with zero attached hydrogens (tertiary/aromatic N) is 2. The van der Waals surface area contributed by atoms with Crippen LogP contribution in [0.4, 0.5) is 13.2 Å². The second-order valence-corrected chi connectivity index (χ2v) is 3.57. The zero-order valence-electron chi connectivity index (χ0n) is 9.36. The summed E-state index contributed by atoms with van der Waals surface area (Å²) in [6, 6.07) is 4.35. The third-order valence-electron chi connectivity index (χ3n) is 2.47. The summed E-state index contributed by atoms with van der Waals surface area (Å²) in [4.78, 5) is 14.0. The number of alkyl halides is 3. The fourth-order valence-corrected chi connectivity index (χ4v) is 1.71. The zero-order chi connectivity index (χ0) is 13.3. The van der Waals surface area contributed by atoms with Gasteiger partial charge in [-0.05, 0) is 12.1 Å². The van der Waals surface area contributed by atoms with Gasteiger partial charge in [-0.3, -0.25) is 0 Å². The maximum Gasteiger partial charge on any atom is 0.449 e. The average Bonchev–Trinajstić information content (AvgIpc) is 2.68. The number of hydrogen-bond acceptors (Lipinski definition) is 3. The Morgan fingerprint density at radius 2 is 2.17 bits per heavy atom. The summed E-state index contributed by atoms with van der Waals surface area (Å²) in [5.41, 5.74) is 0.388. The van der Waals surface area contributed by atoms with Gasteiger partial charge in [0.2, 0.25) is 5.82 Å². The number of benzene rings is 1. The first-order chi connectivity index (χ1) is 8.47. The van der Waals surface area contributed by atoms with Crippen LogP contribution in [0.1, 0.15) is 5.82 Å². The maximum absolute atomic E-state index is 12.8. The second-order valence-electron chi connectivity index (χ2n) is 3.57. The van der Waals surface area contributed by atoms with Gasteiger partial charge in [-0.2, -0.15) is 13.2 Å². The van der Waals surface area contributed by atoms with Crippen LogP contribution >= 0.6 is 0 Å². The van der Waals surface area contributed by atoms with E-state index < -0.39 is 18.5 Å². The van der Waals surface area contributed by atoms with Crippen LogP contribution in [0.3, 0.4) is 0 Å². The van der Waals surface area contributed by atoms with Crippen molar-refractivity contribution in [2.45, 2.75) is 12.7 Å². The van der Waals surface area contributed by atoms with E-state index in [1.165, 1.54) is 25.3 Å². The number of ether oxygens (including phenoxy) is 1. The van der Waals surface area contributed by atoms with Crippen LogP contribution in [0.2, 0.25) is 0 Å². The van der Waals surface area contributed by atoms with E-state index in [0.29, 0.717) is 12.0 Å². The molecule has 0 aliphatic heterocycles. The van der Waals surface area contributed by atoms with Gasteiger partial charge >= 0.3 is 6.18 Å². The Labute approximate surface area is 100.0 Å².